The standard InChI is InChI=1S/C10H11N3S/c1-2-8-10(12-3-1)14-9(13-8)4-7-5-11-6-7/h1-3,7,11H,4-6H2. The molecule has 0 aliphatic carbocycles. The average Bonchev–Trinajstić information content (AvgIpc) is 2.53. The minimum absolute atomic E-state index is 0.788. The normalized spacial score (nSPS) is 17.1. The Morgan fingerprint density at radius 1 is 1.50 bits per heavy atom. The number of thiazole rings is 1. The van der Waals surface area contributed by atoms with Gasteiger partial charge in [-0.05, 0) is 31.1 Å². The quantitative estimate of drug-likeness (QED) is 0.806. The number of nitrogens with zero attached hydrogens (tertiary/aromatic N) is 2. The van der Waals surface area contributed by atoms with Gasteiger partial charge in [-0.2, -0.15) is 0 Å². The Bertz CT molecular complexity index is 414. The zero-order valence-electron chi connectivity index (χ0n) is 7.73. The van der Waals surface area contributed by atoms with Gasteiger partial charge < -0.3 is 5.32 Å². The van der Waals surface area contributed by atoms with Gasteiger partial charge in [-0.1, -0.05) is 11.3 Å². The second-order valence-corrected chi connectivity index (χ2v) is 4.73. The van der Waals surface area contributed by atoms with Crippen molar-refractivity contribution in [3.8, 4) is 0 Å². The number of rotatable bonds is 2. The molecule has 1 aliphatic heterocycles. The maximum Gasteiger partial charge on any atom is 0.143 e. The van der Waals surface area contributed by atoms with Gasteiger partial charge in [-0.3, -0.25) is 0 Å². The Morgan fingerprint density at radius 3 is 3.14 bits per heavy atom. The molecule has 0 spiro atoms. The first kappa shape index (κ1) is 8.32. The predicted octanol–water partition coefficient (Wildman–Crippen LogP) is 1.45. The lowest BCUT2D eigenvalue weighted by molar-refractivity contribution is 0.346. The Hall–Kier alpha value is -1.00. The number of nitrogens with one attached hydrogen (secondary N) is 1. The van der Waals surface area contributed by atoms with Gasteiger partial charge in [0, 0.05) is 12.6 Å². The first-order valence-electron chi connectivity index (χ1n) is 4.83. The van der Waals surface area contributed by atoms with Gasteiger partial charge in [0.1, 0.15) is 10.3 Å². The van der Waals surface area contributed by atoms with Crippen LogP contribution in [-0.4, -0.2) is 23.1 Å². The Labute approximate surface area is 86.2 Å². The molecule has 1 aliphatic rings. The van der Waals surface area contributed by atoms with E-state index in [1.54, 1.807) is 11.3 Å². The van der Waals surface area contributed by atoms with Crippen LogP contribution in [0.15, 0.2) is 18.3 Å². The maximum atomic E-state index is 4.56. The van der Waals surface area contributed by atoms with Crippen LogP contribution in [0.5, 0.6) is 0 Å². The molecule has 14 heavy (non-hydrogen) atoms. The summed E-state index contributed by atoms with van der Waals surface area (Å²) in [6.45, 7) is 2.28. The number of aromatic nitrogens is 2. The van der Waals surface area contributed by atoms with Crippen molar-refractivity contribution in [2.45, 2.75) is 6.42 Å². The van der Waals surface area contributed by atoms with E-state index in [9.17, 15) is 0 Å². The fraction of sp³-hybridized carbons (Fsp3) is 0.400. The van der Waals surface area contributed by atoms with E-state index in [1.807, 2.05) is 18.3 Å². The van der Waals surface area contributed by atoms with Crippen LogP contribution in [-0.2, 0) is 6.42 Å². The molecule has 1 N–H and O–H groups in total. The van der Waals surface area contributed by atoms with Crippen LogP contribution in [0.4, 0.5) is 0 Å². The summed E-state index contributed by atoms with van der Waals surface area (Å²) in [6.07, 6.45) is 2.93. The van der Waals surface area contributed by atoms with Crippen LogP contribution in [0.2, 0.25) is 0 Å². The third-order valence-electron chi connectivity index (χ3n) is 2.54. The molecule has 2 aromatic heterocycles. The summed E-state index contributed by atoms with van der Waals surface area (Å²) in [5.41, 5.74) is 1.04. The average molecular weight is 205 g/mol. The molecule has 0 aromatic carbocycles. The summed E-state index contributed by atoms with van der Waals surface area (Å²) < 4.78 is 0. The third-order valence-corrected chi connectivity index (χ3v) is 3.54. The van der Waals surface area contributed by atoms with Gasteiger partial charge in [-0.25, -0.2) is 9.97 Å². The minimum Gasteiger partial charge on any atom is -0.316 e. The summed E-state index contributed by atoms with van der Waals surface area (Å²) in [5.74, 6) is 0.788. The molecular formula is C10H11N3S. The van der Waals surface area contributed by atoms with Crippen LogP contribution in [0, 0.1) is 5.92 Å². The fourth-order valence-electron chi connectivity index (χ4n) is 1.64. The number of fused-ring (bicyclic) bond motifs is 1. The second-order valence-electron chi connectivity index (χ2n) is 3.66. The van der Waals surface area contributed by atoms with Gasteiger partial charge in [0.2, 0.25) is 0 Å². The van der Waals surface area contributed by atoms with E-state index >= 15 is 0 Å². The second kappa shape index (κ2) is 3.29. The summed E-state index contributed by atoms with van der Waals surface area (Å²) in [6, 6.07) is 3.97. The molecule has 0 unspecified atom stereocenters. The van der Waals surface area contributed by atoms with Crippen molar-refractivity contribution in [3.63, 3.8) is 0 Å². The lowest BCUT2D eigenvalue weighted by Crippen LogP contribution is -2.43. The van der Waals surface area contributed by atoms with Crippen molar-refractivity contribution in [2.24, 2.45) is 5.92 Å². The number of hydrogen-bond donors (Lipinski definition) is 1. The minimum atomic E-state index is 0.788. The van der Waals surface area contributed by atoms with E-state index in [0.29, 0.717) is 0 Å². The molecule has 72 valence electrons. The maximum absolute atomic E-state index is 4.56. The van der Waals surface area contributed by atoms with Crippen LogP contribution >= 0.6 is 11.3 Å². The predicted molar refractivity (Wildman–Crippen MR) is 57.5 cm³/mol. The lowest BCUT2D eigenvalue weighted by atomic mass is 10.0. The zero-order chi connectivity index (χ0) is 9.38. The highest BCUT2D eigenvalue weighted by atomic mass is 32.1. The summed E-state index contributed by atoms with van der Waals surface area (Å²) >= 11 is 1.72. The highest BCUT2D eigenvalue weighted by Gasteiger charge is 2.18. The molecule has 4 heteroatoms. The van der Waals surface area contributed by atoms with Gasteiger partial charge >= 0.3 is 0 Å². The summed E-state index contributed by atoms with van der Waals surface area (Å²) in [4.78, 5) is 9.92. The fourth-order valence-corrected chi connectivity index (χ4v) is 2.66. The number of hydrogen-bond acceptors (Lipinski definition) is 4. The molecule has 3 heterocycles. The van der Waals surface area contributed by atoms with E-state index in [-0.39, 0.29) is 0 Å². The van der Waals surface area contributed by atoms with E-state index in [4.69, 9.17) is 0 Å². The van der Waals surface area contributed by atoms with Crippen molar-refractivity contribution >= 4 is 21.7 Å². The van der Waals surface area contributed by atoms with Crippen LogP contribution < -0.4 is 5.32 Å². The van der Waals surface area contributed by atoms with Gasteiger partial charge in [0.25, 0.3) is 0 Å². The monoisotopic (exact) mass is 205 g/mol. The molecule has 3 nitrogen and oxygen atoms in total. The smallest absolute Gasteiger partial charge is 0.143 e. The SMILES string of the molecule is c1cnc2sc(CC3CNC3)nc2c1. The summed E-state index contributed by atoms with van der Waals surface area (Å²) in [7, 11) is 0. The van der Waals surface area contributed by atoms with E-state index < -0.39 is 0 Å². The Kier molecular flexibility index (Phi) is 1.96. The van der Waals surface area contributed by atoms with E-state index in [2.05, 4.69) is 15.3 Å². The molecule has 1 fully saturated rings. The van der Waals surface area contributed by atoms with Crippen molar-refractivity contribution < 1.29 is 0 Å². The zero-order valence-corrected chi connectivity index (χ0v) is 8.55. The highest BCUT2D eigenvalue weighted by molar-refractivity contribution is 7.18. The van der Waals surface area contributed by atoms with Crippen molar-refractivity contribution in [2.75, 3.05) is 13.1 Å². The molecule has 0 amide bonds. The third kappa shape index (κ3) is 1.40. The number of pyridine rings is 1. The molecule has 0 radical (unpaired) electrons. The van der Waals surface area contributed by atoms with Crippen molar-refractivity contribution in [1.82, 2.24) is 15.3 Å². The van der Waals surface area contributed by atoms with E-state index in [0.717, 1.165) is 35.8 Å². The molecule has 1 saturated heterocycles. The van der Waals surface area contributed by atoms with Gasteiger partial charge in [0.15, 0.2) is 0 Å². The topological polar surface area (TPSA) is 37.8 Å². The Balaban J connectivity index is 1.89. The van der Waals surface area contributed by atoms with E-state index in [1.165, 1.54) is 5.01 Å². The highest BCUT2D eigenvalue weighted by Crippen LogP contribution is 2.22. The molecule has 0 bridgehead atoms. The molecular weight excluding hydrogens is 194 g/mol. The van der Waals surface area contributed by atoms with Crippen LogP contribution in [0.3, 0.4) is 0 Å². The first-order valence-corrected chi connectivity index (χ1v) is 5.64. The molecule has 3 rings (SSSR count). The first-order chi connectivity index (χ1) is 6.92. The lowest BCUT2D eigenvalue weighted by Gasteiger charge is -2.25. The molecule has 0 atom stereocenters. The van der Waals surface area contributed by atoms with Crippen LogP contribution in [0.1, 0.15) is 5.01 Å². The largest absolute Gasteiger partial charge is 0.316 e. The van der Waals surface area contributed by atoms with Crippen molar-refractivity contribution in [3.05, 3.63) is 23.3 Å². The van der Waals surface area contributed by atoms with Crippen molar-refractivity contribution in [1.29, 1.82) is 0 Å². The van der Waals surface area contributed by atoms with Gasteiger partial charge in [0.05, 0.1) is 5.01 Å². The Morgan fingerprint density at radius 2 is 2.43 bits per heavy atom. The summed E-state index contributed by atoms with van der Waals surface area (Å²) in [5, 5.41) is 4.50. The molecule has 2 aromatic rings. The van der Waals surface area contributed by atoms with Gasteiger partial charge in [-0.15, -0.1) is 0 Å². The van der Waals surface area contributed by atoms with Crippen LogP contribution in [0.25, 0.3) is 10.3 Å². The molecule has 0 saturated carbocycles.